The second-order valence-corrected chi connectivity index (χ2v) is 31.0. The number of benzene rings is 3. The smallest absolute Gasteiger partial charge is 0.303 e. The van der Waals surface area contributed by atoms with Crippen molar-refractivity contribution in [1.82, 2.24) is 0 Å². The number of ether oxygens (including phenoxy) is 1. The molecule has 11 heteroatoms. The molecule has 1 unspecified atom stereocenters. The highest BCUT2D eigenvalue weighted by atomic mass is 32.1. The fraction of sp³-hybridized carbons (Fsp3) is 0.694. The number of carboxylic acid groups (broad SMARTS) is 3. The summed E-state index contributed by atoms with van der Waals surface area (Å²) in [5, 5.41) is 64.2. The number of aliphatic hydroxyl groups excluding tert-OH is 3. The lowest BCUT2D eigenvalue weighted by Crippen LogP contribution is -2.51. The normalized spacial score (nSPS) is 13.6. The number of aliphatic hydroxyl groups is 3. The molecule has 0 saturated carbocycles. The Bertz CT molecular complexity index is 2420. The fourth-order valence-electron chi connectivity index (χ4n) is 12.2. The van der Waals surface area contributed by atoms with Crippen molar-refractivity contribution < 1.29 is 49.8 Å². The molecule has 0 heterocycles. The number of carbonyl (C=O) groups is 3. The largest absolute Gasteiger partial charge is 0.485 e. The minimum Gasteiger partial charge on any atom is -0.485 e. The van der Waals surface area contributed by atoms with Crippen molar-refractivity contribution in [3.8, 4) is 0 Å². The Hall–Kier alpha value is -4.16. The van der Waals surface area contributed by atoms with Crippen LogP contribution in [0.2, 0.25) is 0 Å². The predicted octanol–water partition coefficient (Wildman–Crippen LogP) is 16.6. The number of hydrogen-bond donors (Lipinski definition) is 6. The van der Waals surface area contributed by atoms with E-state index in [0.717, 1.165) is 98.9 Å². The zero-order chi connectivity index (χ0) is 63.3. The Morgan fingerprint density at radius 3 is 0.952 bits per heavy atom. The molecule has 1 atom stereocenters. The van der Waals surface area contributed by atoms with Crippen molar-refractivity contribution in [2.75, 3.05) is 26.4 Å². The summed E-state index contributed by atoms with van der Waals surface area (Å²) in [4.78, 5) is 37.4. The third-order valence-electron chi connectivity index (χ3n) is 17.0. The Morgan fingerprint density at radius 1 is 0.434 bits per heavy atom. The van der Waals surface area contributed by atoms with Crippen molar-refractivity contribution >= 4 is 35.2 Å². The number of aliphatic carboxylic acids is 3. The van der Waals surface area contributed by atoms with Gasteiger partial charge in [-0.2, -0.15) is 0 Å². The van der Waals surface area contributed by atoms with Crippen molar-refractivity contribution in [3.05, 3.63) is 103 Å². The molecule has 0 bridgehead atoms. The van der Waals surface area contributed by atoms with Gasteiger partial charge in [-0.3, -0.25) is 14.4 Å². The molecule has 83 heavy (non-hydrogen) atoms. The van der Waals surface area contributed by atoms with Gasteiger partial charge >= 0.3 is 17.9 Å². The second kappa shape index (κ2) is 30.0. The topological polar surface area (TPSA) is 182 Å². The van der Waals surface area contributed by atoms with Crippen LogP contribution in [0.1, 0.15) is 301 Å². The maximum absolute atomic E-state index is 12.5. The van der Waals surface area contributed by atoms with Gasteiger partial charge in [0, 0.05) is 25.2 Å². The van der Waals surface area contributed by atoms with Crippen LogP contribution >= 0.6 is 12.2 Å². The summed E-state index contributed by atoms with van der Waals surface area (Å²) < 4.78 is 7.42. The van der Waals surface area contributed by atoms with E-state index in [4.69, 9.17) is 17.0 Å². The van der Waals surface area contributed by atoms with Crippen molar-refractivity contribution in [3.63, 3.8) is 0 Å². The van der Waals surface area contributed by atoms with Gasteiger partial charge in [-0.05, 0) is 137 Å². The van der Waals surface area contributed by atoms with E-state index >= 15 is 0 Å². The molecule has 6 N–H and O–H groups in total. The molecule has 0 radical (unpaired) electrons. The maximum Gasteiger partial charge on any atom is 0.303 e. The summed E-state index contributed by atoms with van der Waals surface area (Å²) in [6, 6.07) is 13.3. The molecule has 0 amide bonds. The van der Waals surface area contributed by atoms with Gasteiger partial charge in [0.15, 0.2) is 5.05 Å². The van der Waals surface area contributed by atoms with Crippen LogP contribution in [0.5, 0.6) is 0 Å². The van der Waals surface area contributed by atoms with E-state index in [1.54, 1.807) is 0 Å². The Kier molecular flexibility index (Phi) is 26.4. The summed E-state index contributed by atoms with van der Waals surface area (Å²) in [6.07, 6.45) is 13.8. The van der Waals surface area contributed by atoms with Gasteiger partial charge in [0.25, 0.3) is 0 Å². The third kappa shape index (κ3) is 19.7. The van der Waals surface area contributed by atoms with E-state index in [-0.39, 0.29) is 43.8 Å². The van der Waals surface area contributed by atoms with E-state index < -0.39 is 87.0 Å². The van der Waals surface area contributed by atoms with Crippen molar-refractivity contribution in [1.29, 1.82) is 0 Å². The molecule has 0 spiro atoms. The molecule has 0 aromatic heterocycles. The van der Waals surface area contributed by atoms with Gasteiger partial charge in [0.1, 0.15) is 6.61 Å². The number of carboxylic acids is 3. The van der Waals surface area contributed by atoms with Crippen LogP contribution in [-0.2, 0) is 76.3 Å². The van der Waals surface area contributed by atoms with Crippen molar-refractivity contribution in [2.45, 2.75) is 291 Å². The highest BCUT2D eigenvalue weighted by molar-refractivity contribution is 7.80. The number of thiocarbonyl (C=S) groups is 1. The minimum atomic E-state index is -1.50. The molecule has 0 fully saturated rings. The van der Waals surface area contributed by atoms with Crippen LogP contribution in [-0.4, -0.2) is 80.0 Å². The highest BCUT2D eigenvalue weighted by Gasteiger charge is 2.57. The molecular formula is C72H114O10S. The lowest BCUT2D eigenvalue weighted by Gasteiger charge is -2.52. The van der Waals surface area contributed by atoms with Crippen LogP contribution in [0.3, 0.4) is 0 Å². The Labute approximate surface area is 508 Å². The van der Waals surface area contributed by atoms with E-state index in [0.29, 0.717) is 12.8 Å². The van der Waals surface area contributed by atoms with Crippen LogP contribution in [0.15, 0.2) is 36.4 Å². The summed E-state index contributed by atoms with van der Waals surface area (Å²) in [7, 11) is 0. The number of hydrogen-bond acceptors (Lipinski definition) is 8. The van der Waals surface area contributed by atoms with Crippen molar-refractivity contribution in [2.24, 2.45) is 5.41 Å². The second-order valence-electron chi connectivity index (χ2n) is 30.7. The van der Waals surface area contributed by atoms with Gasteiger partial charge in [0.05, 0.1) is 30.7 Å². The highest BCUT2D eigenvalue weighted by Crippen LogP contribution is 2.60. The molecule has 468 valence electrons. The predicted molar refractivity (Wildman–Crippen MR) is 346 cm³/mol. The fourth-order valence-corrected chi connectivity index (χ4v) is 12.6. The number of aryl methyl sites for hydroxylation is 3. The van der Waals surface area contributed by atoms with Gasteiger partial charge in [-0.1, -0.05) is 239 Å². The summed E-state index contributed by atoms with van der Waals surface area (Å²) in [6.45, 7) is 39.9. The first-order valence-corrected chi connectivity index (χ1v) is 31.8. The molecule has 0 aliphatic carbocycles. The third-order valence-corrected chi connectivity index (χ3v) is 17.4. The first-order valence-electron chi connectivity index (χ1n) is 31.4. The lowest BCUT2D eigenvalue weighted by molar-refractivity contribution is -0.138. The van der Waals surface area contributed by atoms with Crippen LogP contribution in [0.25, 0.3) is 0 Å². The molecule has 0 saturated heterocycles. The molecule has 3 aromatic rings. The average Bonchev–Trinajstić information content (AvgIpc) is 1.02. The quantitative estimate of drug-likeness (QED) is 0.0266. The molecule has 0 aliphatic rings. The van der Waals surface area contributed by atoms with Crippen LogP contribution in [0, 0.1) is 5.41 Å². The summed E-state index contributed by atoms with van der Waals surface area (Å²) in [5.41, 5.74) is 4.99. The maximum atomic E-state index is 12.5. The minimum absolute atomic E-state index is 0.0465. The lowest BCUT2D eigenvalue weighted by atomic mass is 9.52. The van der Waals surface area contributed by atoms with Gasteiger partial charge < -0.3 is 35.4 Å². The Morgan fingerprint density at radius 2 is 0.699 bits per heavy atom. The molecule has 3 rings (SSSR count). The Balaban J connectivity index is 3.17. The first kappa shape index (κ1) is 73.1. The van der Waals surface area contributed by atoms with E-state index in [9.17, 15) is 45.0 Å². The molecule has 3 aromatic carbocycles. The number of unbranched alkanes of at least 4 members (excludes halogenated alkanes) is 10. The number of rotatable bonds is 31. The molecular weight excluding hydrogens is 1060 g/mol. The van der Waals surface area contributed by atoms with Gasteiger partial charge in [0.2, 0.25) is 0 Å². The van der Waals surface area contributed by atoms with Crippen LogP contribution < -0.4 is 0 Å². The van der Waals surface area contributed by atoms with E-state index in [2.05, 4.69) is 168 Å². The SMILES string of the molecule is CCCCCCCCCCCCCC(c1c(C(C)(C)C)cc(CCC(=O)O)cc1C(C)(C)C)C(C(=S)OCC(CO)(CO)CO)(c1c(C(C)(C)C)cc(CCC(=O)O)cc1C(C)(C)C)c1c(C(C)(C)C)cc(CCC(=O)O)cc1C(C)(C)C. The zero-order valence-corrected chi connectivity index (χ0v) is 56.1. The average molecular weight is 1170 g/mol. The first-order chi connectivity index (χ1) is 38.2. The van der Waals surface area contributed by atoms with Crippen LogP contribution in [0.4, 0.5) is 0 Å². The van der Waals surface area contributed by atoms with Gasteiger partial charge in [-0.25, -0.2) is 0 Å². The monoisotopic (exact) mass is 1170 g/mol. The zero-order valence-electron chi connectivity index (χ0n) is 55.3. The summed E-state index contributed by atoms with van der Waals surface area (Å²) in [5.74, 6) is -3.24. The summed E-state index contributed by atoms with van der Waals surface area (Å²) >= 11 is 7.38. The van der Waals surface area contributed by atoms with Gasteiger partial charge in [-0.15, -0.1) is 0 Å². The molecule has 0 aliphatic heterocycles. The molecule has 10 nitrogen and oxygen atoms in total. The van der Waals surface area contributed by atoms with E-state index in [1.807, 2.05) is 0 Å². The standard InChI is InChI=1S/C72H114O10S/c1-20-21-22-23-24-25-26-27-28-29-30-31-51(61-52(65(2,3)4)38-48(32-35-58(76)77)39-53(61)66(5,6)7)72(64(83)82-47-71(44-73,45-74)46-75,62-54(67(8,9)10)40-49(33-36-59(78)79)41-55(62)68(11,12)13)63-56(69(14,15)16)42-50(34-37-60(80)81)43-57(63)70(17,18)19/h38-43,51,73-75H,20-37,44-47H2,1-19H3,(H,76,77)(H,78,79)(H,80,81). The van der Waals surface area contributed by atoms with E-state index in [1.165, 1.54) is 38.5 Å².